The Labute approximate surface area is 180 Å². The summed E-state index contributed by atoms with van der Waals surface area (Å²) >= 11 is 0. The Morgan fingerprint density at radius 2 is 2.06 bits per heavy atom. The van der Waals surface area contributed by atoms with Crippen molar-refractivity contribution in [2.75, 3.05) is 24.7 Å². The molecule has 3 aliphatic rings. The highest BCUT2D eigenvalue weighted by molar-refractivity contribution is 5.95. The monoisotopic (exact) mass is 428 g/mol. The van der Waals surface area contributed by atoms with Gasteiger partial charge in [-0.15, -0.1) is 0 Å². The van der Waals surface area contributed by atoms with Crippen molar-refractivity contribution >= 4 is 23.5 Å². The summed E-state index contributed by atoms with van der Waals surface area (Å²) in [6.07, 6.45) is 5.39. The molecule has 166 valence electrons. The van der Waals surface area contributed by atoms with Crippen molar-refractivity contribution in [3.8, 4) is 0 Å². The van der Waals surface area contributed by atoms with Crippen LogP contribution >= 0.6 is 0 Å². The standard InChI is InChI=1S/C22H28N4O5/c1-13(23-19(27)30-21(2,3)4)16-9-25-8-15(14-5-6-14)7-17(18(25)24-16)26-10-22(11-29-12-22)31-20(26)28/h7-9,13-14H,5-6,10-12H2,1-4H3,(H,23,27)/t13-/m1/s1. The minimum Gasteiger partial charge on any atom is -0.444 e. The minimum absolute atomic E-state index is 0.358. The first-order valence-corrected chi connectivity index (χ1v) is 10.7. The molecule has 9 nitrogen and oxygen atoms in total. The predicted molar refractivity (Wildman–Crippen MR) is 112 cm³/mol. The van der Waals surface area contributed by atoms with E-state index in [1.807, 2.05) is 38.3 Å². The normalized spacial score (nSPS) is 21.2. The van der Waals surface area contributed by atoms with E-state index < -0.39 is 17.3 Å². The second-order valence-corrected chi connectivity index (χ2v) is 9.83. The molecule has 4 heterocycles. The molecule has 2 aromatic rings. The zero-order valence-corrected chi connectivity index (χ0v) is 18.3. The molecule has 5 rings (SSSR count). The molecular weight excluding hydrogens is 400 g/mol. The smallest absolute Gasteiger partial charge is 0.415 e. The van der Waals surface area contributed by atoms with Gasteiger partial charge in [-0.25, -0.2) is 14.6 Å². The van der Waals surface area contributed by atoms with Crippen LogP contribution in [0.15, 0.2) is 18.5 Å². The van der Waals surface area contributed by atoms with Crippen LogP contribution in [0.5, 0.6) is 0 Å². The number of pyridine rings is 1. The zero-order valence-electron chi connectivity index (χ0n) is 18.3. The van der Waals surface area contributed by atoms with Crippen LogP contribution in [0.3, 0.4) is 0 Å². The maximum Gasteiger partial charge on any atom is 0.415 e. The van der Waals surface area contributed by atoms with Crippen LogP contribution in [0.1, 0.15) is 63.8 Å². The molecule has 3 fully saturated rings. The van der Waals surface area contributed by atoms with Gasteiger partial charge in [0, 0.05) is 12.4 Å². The lowest BCUT2D eigenvalue weighted by Crippen LogP contribution is -2.52. The third-order valence-electron chi connectivity index (χ3n) is 5.79. The van der Waals surface area contributed by atoms with Crippen molar-refractivity contribution in [1.82, 2.24) is 14.7 Å². The Morgan fingerprint density at radius 3 is 2.65 bits per heavy atom. The van der Waals surface area contributed by atoms with Gasteiger partial charge in [-0.2, -0.15) is 0 Å². The second kappa shape index (κ2) is 6.85. The van der Waals surface area contributed by atoms with Gasteiger partial charge in [0.15, 0.2) is 11.2 Å². The van der Waals surface area contributed by atoms with Gasteiger partial charge in [0.1, 0.15) is 5.60 Å². The number of amides is 2. The summed E-state index contributed by atoms with van der Waals surface area (Å²) in [5.41, 5.74) is 2.13. The Morgan fingerprint density at radius 1 is 1.32 bits per heavy atom. The number of carbonyl (C=O) groups is 2. The van der Waals surface area contributed by atoms with Gasteiger partial charge in [0.05, 0.1) is 37.2 Å². The highest BCUT2D eigenvalue weighted by Crippen LogP contribution is 2.43. The molecule has 1 atom stereocenters. The number of alkyl carbamates (subject to hydrolysis) is 1. The summed E-state index contributed by atoms with van der Waals surface area (Å²) in [5.74, 6) is 0.505. The van der Waals surface area contributed by atoms with Crippen LogP contribution in [-0.4, -0.2) is 52.5 Å². The second-order valence-electron chi connectivity index (χ2n) is 9.83. The molecule has 1 spiro atoms. The fraction of sp³-hybridized carbons (Fsp3) is 0.591. The molecule has 0 bridgehead atoms. The third kappa shape index (κ3) is 3.82. The average molecular weight is 428 g/mol. The summed E-state index contributed by atoms with van der Waals surface area (Å²) in [6.45, 7) is 8.62. The van der Waals surface area contributed by atoms with E-state index in [0.717, 1.165) is 18.5 Å². The fourth-order valence-corrected chi connectivity index (χ4v) is 4.01. The topological polar surface area (TPSA) is 94.4 Å². The number of anilines is 1. The number of hydrogen-bond donors (Lipinski definition) is 1. The molecular formula is C22H28N4O5. The summed E-state index contributed by atoms with van der Waals surface area (Å²) < 4.78 is 18.2. The number of nitrogens with one attached hydrogen (secondary N) is 1. The van der Waals surface area contributed by atoms with E-state index in [9.17, 15) is 9.59 Å². The maximum absolute atomic E-state index is 12.7. The van der Waals surface area contributed by atoms with Crippen LogP contribution in [0.2, 0.25) is 0 Å². The quantitative estimate of drug-likeness (QED) is 0.801. The molecule has 31 heavy (non-hydrogen) atoms. The van der Waals surface area contributed by atoms with Gasteiger partial charge in [0.2, 0.25) is 0 Å². The zero-order chi connectivity index (χ0) is 22.0. The Kier molecular flexibility index (Phi) is 4.44. The molecule has 1 saturated carbocycles. The first-order valence-electron chi connectivity index (χ1n) is 10.7. The number of imidazole rings is 1. The summed E-state index contributed by atoms with van der Waals surface area (Å²) in [7, 11) is 0. The van der Waals surface area contributed by atoms with E-state index in [1.165, 1.54) is 5.56 Å². The number of carbonyl (C=O) groups excluding carboxylic acids is 2. The van der Waals surface area contributed by atoms with Crippen LogP contribution in [0.25, 0.3) is 5.65 Å². The Bertz CT molecular complexity index is 1050. The SMILES string of the molecule is C[C@@H](NC(=O)OC(C)(C)C)c1cn2cc(C3CC3)cc(N3CC4(COC4)OC3=O)c2n1. The van der Waals surface area contributed by atoms with Crippen molar-refractivity contribution in [2.45, 2.75) is 63.7 Å². The van der Waals surface area contributed by atoms with Crippen molar-refractivity contribution < 1.29 is 23.8 Å². The number of nitrogens with zero attached hydrogens (tertiary/aromatic N) is 3. The van der Waals surface area contributed by atoms with Crippen LogP contribution in [0.4, 0.5) is 15.3 Å². The van der Waals surface area contributed by atoms with E-state index in [1.54, 1.807) is 4.90 Å². The van der Waals surface area contributed by atoms with Crippen LogP contribution < -0.4 is 10.2 Å². The molecule has 0 aromatic carbocycles. The molecule has 1 aliphatic carbocycles. The van der Waals surface area contributed by atoms with E-state index in [-0.39, 0.29) is 12.1 Å². The van der Waals surface area contributed by atoms with Crippen LogP contribution in [-0.2, 0) is 14.2 Å². The van der Waals surface area contributed by atoms with E-state index in [4.69, 9.17) is 19.2 Å². The third-order valence-corrected chi connectivity index (χ3v) is 5.79. The molecule has 2 aromatic heterocycles. The first kappa shape index (κ1) is 20.1. The number of hydrogen-bond acceptors (Lipinski definition) is 6. The van der Waals surface area contributed by atoms with Gasteiger partial charge in [-0.3, -0.25) is 4.90 Å². The fourth-order valence-electron chi connectivity index (χ4n) is 4.01. The lowest BCUT2D eigenvalue weighted by atomic mass is 10.0. The molecule has 2 aliphatic heterocycles. The van der Waals surface area contributed by atoms with E-state index >= 15 is 0 Å². The summed E-state index contributed by atoms with van der Waals surface area (Å²) in [4.78, 5) is 31.3. The molecule has 2 amide bonds. The molecule has 1 N–H and O–H groups in total. The Balaban J connectivity index is 1.47. The van der Waals surface area contributed by atoms with Gasteiger partial charge in [0.25, 0.3) is 0 Å². The summed E-state index contributed by atoms with van der Waals surface area (Å²) in [6, 6.07) is 1.69. The Hall–Kier alpha value is -2.81. The molecule has 0 unspecified atom stereocenters. The van der Waals surface area contributed by atoms with Gasteiger partial charge < -0.3 is 23.9 Å². The molecule has 2 saturated heterocycles. The number of aromatic nitrogens is 2. The van der Waals surface area contributed by atoms with Crippen molar-refractivity contribution in [3.63, 3.8) is 0 Å². The highest BCUT2D eigenvalue weighted by atomic mass is 16.6. The van der Waals surface area contributed by atoms with Crippen molar-refractivity contribution in [3.05, 3.63) is 29.7 Å². The lowest BCUT2D eigenvalue weighted by Gasteiger charge is -2.34. The number of rotatable bonds is 4. The number of fused-ring (bicyclic) bond motifs is 1. The molecule has 0 radical (unpaired) electrons. The minimum atomic E-state index is -0.577. The number of ether oxygens (including phenoxy) is 3. The van der Waals surface area contributed by atoms with Gasteiger partial charge in [-0.05, 0) is 58.1 Å². The van der Waals surface area contributed by atoms with Gasteiger partial charge >= 0.3 is 12.2 Å². The molecule has 9 heteroatoms. The summed E-state index contributed by atoms with van der Waals surface area (Å²) in [5, 5.41) is 2.83. The largest absolute Gasteiger partial charge is 0.444 e. The van der Waals surface area contributed by atoms with Crippen molar-refractivity contribution in [2.24, 2.45) is 0 Å². The first-order chi connectivity index (χ1) is 14.6. The van der Waals surface area contributed by atoms with Gasteiger partial charge in [-0.1, -0.05) is 0 Å². The van der Waals surface area contributed by atoms with E-state index in [2.05, 4.69) is 17.6 Å². The predicted octanol–water partition coefficient (Wildman–Crippen LogP) is 3.52. The maximum atomic E-state index is 12.7. The van der Waals surface area contributed by atoms with E-state index in [0.29, 0.717) is 37.0 Å². The average Bonchev–Trinajstić information content (AvgIpc) is 3.29. The van der Waals surface area contributed by atoms with Crippen LogP contribution in [0, 0.1) is 0 Å². The lowest BCUT2D eigenvalue weighted by molar-refractivity contribution is -0.155. The van der Waals surface area contributed by atoms with Crippen molar-refractivity contribution in [1.29, 1.82) is 0 Å². The highest BCUT2D eigenvalue weighted by Gasteiger charge is 2.52.